The van der Waals surface area contributed by atoms with Crippen LogP contribution >= 0.6 is 0 Å². The van der Waals surface area contributed by atoms with Crippen LogP contribution in [0.4, 0.5) is 0 Å². The van der Waals surface area contributed by atoms with Crippen molar-refractivity contribution < 1.29 is 34.4 Å². The first kappa shape index (κ1) is 38.3. The number of pyridine rings is 1. The number of hydrogen-bond donors (Lipinski definition) is 1. The van der Waals surface area contributed by atoms with Crippen LogP contribution in [-0.4, -0.2) is 15.9 Å². The molecule has 4 nitrogen and oxygen atoms in total. The Hall–Kier alpha value is -3.53. The van der Waals surface area contributed by atoms with Gasteiger partial charge >= 0.3 is 0 Å². The third kappa shape index (κ3) is 6.82. The predicted octanol–water partition coefficient (Wildman–Crippen LogP) is 12.5. The summed E-state index contributed by atoms with van der Waals surface area (Å²) in [6.45, 7) is 21.2. The number of allylic oxidation sites excluding steroid dienone is 2. The first-order chi connectivity index (χ1) is 22.8. The summed E-state index contributed by atoms with van der Waals surface area (Å²) in [7, 11) is 0. The minimum Gasteiger partial charge on any atom is -0.512 e. The number of aliphatic hydroxyl groups is 1. The molecule has 1 radical (unpaired) electrons. The van der Waals surface area contributed by atoms with Crippen molar-refractivity contribution in [1.82, 2.24) is 4.98 Å². The van der Waals surface area contributed by atoms with Gasteiger partial charge in [-0.15, -0.1) is 29.3 Å². The van der Waals surface area contributed by atoms with Crippen LogP contribution in [0, 0.1) is 16.9 Å². The van der Waals surface area contributed by atoms with Crippen LogP contribution in [0.3, 0.4) is 0 Å². The van der Waals surface area contributed by atoms with Crippen molar-refractivity contribution in [3.05, 3.63) is 101 Å². The molecule has 1 N–H and O–H groups in total. The van der Waals surface area contributed by atoms with E-state index in [2.05, 4.69) is 88.4 Å². The van der Waals surface area contributed by atoms with Crippen LogP contribution < -0.4 is 0 Å². The first-order valence-electron chi connectivity index (χ1n) is 17.7. The van der Waals surface area contributed by atoms with E-state index in [0.717, 1.165) is 59.4 Å². The molecular weight excluding hydrogens is 783 g/mol. The summed E-state index contributed by atoms with van der Waals surface area (Å²) >= 11 is 0. The zero-order valence-corrected chi connectivity index (χ0v) is 33.3. The Morgan fingerprint density at radius 3 is 2.10 bits per heavy atom. The van der Waals surface area contributed by atoms with Gasteiger partial charge in [0, 0.05) is 53.3 Å². The van der Waals surface area contributed by atoms with E-state index in [1.807, 2.05) is 53.7 Å². The molecule has 6 rings (SSSR count). The number of rotatable bonds is 9. The van der Waals surface area contributed by atoms with Crippen LogP contribution in [-0.2, 0) is 30.3 Å². The fourth-order valence-electron chi connectivity index (χ4n) is 7.01. The largest absolute Gasteiger partial charge is 0.512 e. The molecule has 1 aliphatic carbocycles. The van der Waals surface area contributed by atoms with Gasteiger partial charge in [-0.05, 0) is 60.4 Å². The van der Waals surface area contributed by atoms with E-state index in [1.54, 1.807) is 0 Å². The molecule has 261 valence electrons. The number of ketones is 1. The maximum Gasteiger partial charge on any atom is 0.164 e. The third-order valence-corrected chi connectivity index (χ3v) is 11.3. The van der Waals surface area contributed by atoms with Crippen molar-refractivity contribution in [3.8, 4) is 22.6 Å². The Kier molecular flexibility index (Phi) is 11.5. The van der Waals surface area contributed by atoms with Crippen molar-refractivity contribution >= 4 is 27.7 Å². The molecule has 0 saturated heterocycles. The third-order valence-electron chi connectivity index (χ3n) is 11.3. The second-order valence-electron chi connectivity index (χ2n) is 14.8. The van der Waals surface area contributed by atoms with Crippen LogP contribution in [0.1, 0.15) is 118 Å². The first-order valence-corrected chi connectivity index (χ1v) is 17.7. The number of benzene rings is 3. The average Bonchev–Trinajstić information content (AvgIpc) is 3.60. The number of carbonyl (C=O) groups is 1. The number of furan rings is 1. The topological polar surface area (TPSA) is 63.3 Å². The summed E-state index contributed by atoms with van der Waals surface area (Å²) < 4.78 is 6.36. The Morgan fingerprint density at radius 1 is 0.898 bits per heavy atom. The number of hydrogen-bond acceptors (Lipinski definition) is 4. The molecule has 0 amide bonds. The zero-order valence-electron chi connectivity index (χ0n) is 30.9. The van der Waals surface area contributed by atoms with Gasteiger partial charge in [0.05, 0.1) is 5.52 Å². The molecule has 2 heterocycles. The van der Waals surface area contributed by atoms with Crippen LogP contribution in [0.2, 0.25) is 0 Å². The van der Waals surface area contributed by atoms with Crippen molar-refractivity contribution in [2.24, 2.45) is 10.8 Å². The van der Waals surface area contributed by atoms with E-state index in [4.69, 9.17) is 9.40 Å². The maximum absolute atomic E-state index is 12.2. The van der Waals surface area contributed by atoms with E-state index in [-0.39, 0.29) is 47.9 Å². The molecule has 0 atom stereocenters. The number of aromatic nitrogens is 1. The van der Waals surface area contributed by atoms with Gasteiger partial charge in [-0.3, -0.25) is 9.78 Å². The molecule has 0 unspecified atom stereocenters. The number of nitrogens with zero attached hydrogens (tertiary/aromatic N) is 1. The fourth-order valence-corrected chi connectivity index (χ4v) is 7.01. The summed E-state index contributed by atoms with van der Waals surface area (Å²) in [6.07, 6.45) is 4.75. The predicted molar refractivity (Wildman–Crippen MR) is 201 cm³/mol. The molecule has 0 bridgehead atoms. The molecule has 5 heteroatoms. The van der Waals surface area contributed by atoms with E-state index in [0.29, 0.717) is 5.92 Å². The Labute approximate surface area is 306 Å². The normalized spacial score (nSPS) is 13.9. The summed E-state index contributed by atoms with van der Waals surface area (Å²) in [6, 6.07) is 26.7. The molecule has 2 aromatic heterocycles. The molecule has 0 fully saturated rings. The van der Waals surface area contributed by atoms with E-state index >= 15 is 0 Å². The minimum absolute atomic E-state index is 0. The van der Waals surface area contributed by atoms with E-state index < -0.39 is 0 Å². The van der Waals surface area contributed by atoms with E-state index in [1.165, 1.54) is 33.5 Å². The number of para-hydroxylation sites is 2. The molecule has 5 aromatic rings. The number of carbonyl (C=O) groups excluding carboxylic acids is 1. The van der Waals surface area contributed by atoms with E-state index in [9.17, 15) is 9.90 Å². The molecule has 3 aromatic carbocycles. The minimum atomic E-state index is -0.337. The summed E-state index contributed by atoms with van der Waals surface area (Å²) in [4.78, 5) is 17.3. The van der Waals surface area contributed by atoms with Gasteiger partial charge in [0.25, 0.3) is 0 Å². The summed E-state index contributed by atoms with van der Waals surface area (Å²) in [5.74, 6) is 1.69. The van der Waals surface area contributed by atoms with Gasteiger partial charge in [-0.2, -0.15) is 0 Å². The molecule has 0 saturated carbocycles. The Balaban J connectivity index is 0.000000260. The molecule has 0 spiro atoms. The monoisotopic (exact) mass is 835 g/mol. The van der Waals surface area contributed by atoms with Gasteiger partial charge in [-0.1, -0.05) is 117 Å². The fraction of sp³-hybridized carbons (Fsp3) is 0.409. The van der Waals surface area contributed by atoms with Crippen LogP contribution in [0.5, 0.6) is 0 Å². The molecule has 49 heavy (non-hydrogen) atoms. The van der Waals surface area contributed by atoms with Gasteiger partial charge in [0.1, 0.15) is 17.1 Å². The standard InChI is InChI=1S/C29H24NO.C15H28O2.Ir/c1-17(2)22-16-24(30-23-14-7-5-10-18(22)23)19-12-9-13-21-26(19)29(3,4)27-20-11-6-8-15-25(20)31-28(21)27;1-7-14(5,8-2)12(16)11-13(17)15(6,9-3)10-4;/h5-11,13-17H,1-4H3;11,16H,7-10H2,1-6H3;/q-1;;/b;12-11-;. The summed E-state index contributed by atoms with van der Waals surface area (Å²) in [5.41, 5.74) is 8.25. The van der Waals surface area contributed by atoms with Gasteiger partial charge in [-0.25, -0.2) is 0 Å². The quantitative estimate of drug-likeness (QED) is 0.0913. The van der Waals surface area contributed by atoms with Gasteiger partial charge in [0.15, 0.2) is 5.78 Å². The molecular formula is C44H52IrNO3-. The van der Waals surface area contributed by atoms with Gasteiger partial charge in [0.2, 0.25) is 0 Å². The maximum atomic E-state index is 12.2. The van der Waals surface area contributed by atoms with Crippen LogP contribution in [0.25, 0.3) is 44.5 Å². The number of aliphatic hydroxyl groups excluding tert-OH is 1. The summed E-state index contributed by atoms with van der Waals surface area (Å²) in [5, 5.41) is 12.6. The molecule has 0 aliphatic heterocycles. The van der Waals surface area contributed by atoms with Crippen LogP contribution in [0.15, 0.2) is 83.0 Å². The van der Waals surface area contributed by atoms with Crippen molar-refractivity contribution in [1.29, 1.82) is 0 Å². The Morgan fingerprint density at radius 2 is 1.49 bits per heavy atom. The SMILES string of the molecule is CC(C)c1cc(-c2[c-]ccc3c2C(C)(C)c2c-3oc3ccccc23)nc2ccccc12.CCC(C)(CC)C(=O)/C=C(\O)C(C)(CC)CC.[Ir]. The average molecular weight is 835 g/mol. The van der Waals surface area contributed by atoms with Crippen molar-refractivity contribution in [2.45, 2.75) is 106 Å². The zero-order chi connectivity index (χ0) is 35.0. The van der Waals surface area contributed by atoms with Crippen molar-refractivity contribution in [3.63, 3.8) is 0 Å². The van der Waals surface area contributed by atoms with Crippen molar-refractivity contribution in [2.75, 3.05) is 0 Å². The second-order valence-corrected chi connectivity index (χ2v) is 14.8. The Bertz CT molecular complexity index is 1990. The molecule has 1 aliphatic rings. The smallest absolute Gasteiger partial charge is 0.164 e. The second kappa shape index (κ2) is 14.8. The van der Waals surface area contributed by atoms with Gasteiger partial charge < -0.3 is 9.52 Å². The number of fused-ring (bicyclic) bond motifs is 6.